The highest BCUT2D eigenvalue weighted by atomic mass is 16.6. The van der Waals surface area contributed by atoms with Gasteiger partial charge in [-0.05, 0) is 103 Å². The molecule has 0 radical (unpaired) electrons. The fraction of sp³-hybridized carbons (Fsp3) is 0.484. The Kier molecular flexibility index (Phi) is 51.7. The summed E-state index contributed by atoms with van der Waals surface area (Å²) in [5.41, 5.74) is 0. The quantitative estimate of drug-likeness (QED) is 0.0199. The van der Waals surface area contributed by atoms with Crippen LogP contribution in [0.3, 0.4) is 0 Å². The number of esters is 3. The summed E-state index contributed by atoms with van der Waals surface area (Å²) in [7, 11) is 0. The molecule has 0 aliphatic carbocycles. The molecule has 0 aliphatic rings. The van der Waals surface area contributed by atoms with Gasteiger partial charge in [0.1, 0.15) is 13.2 Å². The maximum absolute atomic E-state index is 12.8. The van der Waals surface area contributed by atoms with E-state index in [1.165, 1.54) is 25.7 Å². The molecule has 70 heavy (non-hydrogen) atoms. The highest BCUT2D eigenvalue weighted by Gasteiger charge is 2.19. The third kappa shape index (κ3) is 53.5. The maximum Gasteiger partial charge on any atom is 0.306 e. The second kappa shape index (κ2) is 56.1. The Bertz CT molecular complexity index is 1720. The minimum atomic E-state index is -0.852. The number of rotatable bonds is 45. The molecule has 1 unspecified atom stereocenters. The van der Waals surface area contributed by atoms with Crippen molar-refractivity contribution in [1.82, 2.24) is 0 Å². The summed E-state index contributed by atoms with van der Waals surface area (Å²) in [5, 5.41) is 0. The first-order valence-corrected chi connectivity index (χ1v) is 26.9. The van der Waals surface area contributed by atoms with Crippen LogP contribution in [0.4, 0.5) is 0 Å². The van der Waals surface area contributed by atoms with Gasteiger partial charge in [0.2, 0.25) is 0 Å². The monoisotopic (exact) mass is 959 g/mol. The number of carbonyl (C=O) groups excluding carboxylic acids is 3. The minimum absolute atomic E-state index is 0.138. The molecule has 0 aromatic carbocycles. The lowest BCUT2D eigenvalue weighted by Crippen LogP contribution is -2.30. The molecule has 6 heteroatoms. The lowest BCUT2D eigenvalue weighted by Gasteiger charge is -2.18. The van der Waals surface area contributed by atoms with Crippen LogP contribution < -0.4 is 0 Å². The van der Waals surface area contributed by atoms with Crippen molar-refractivity contribution in [2.75, 3.05) is 13.2 Å². The molecule has 0 saturated carbocycles. The molecular weight excluding hydrogens is 865 g/mol. The molecule has 0 aromatic rings. The maximum atomic E-state index is 12.8. The second-order valence-corrected chi connectivity index (χ2v) is 16.8. The van der Waals surface area contributed by atoms with E-state index in [1.54, 1.807) is 0 Å². The molecule has 0 N–H and O–H groups in total. The highest BCUT2D eigenvalue weighted by Crippen LogP contribution is 2.12. The molecule has 1 atom stereocenters. The average Bonchev–Trinajstić information content (AvgIpc) is 3.36. The minimum Gasteiger partial charge on any atom is -0.462 e. The van der Waals surface area contributed by atoms with Gasteiger partial charge in [-0.15, -0.1) is 0 Å². The van der Waals surface area contributed by atoms with E-state index in [2.05, 4.69) is 118 Å². The second-order valence-electron chi connectivity index (χ2n) is 16.8. The van der Waals surface area contributed by atoms with Crippen molar-refractivity contribution in [1.29, 1.82) is 0 Å². The SMILES string of the molecule is CC\C=C/C=C\C=C/C=C\C=C\C=C/C=C\CCCCCC(=O)OCC(COC(=O)CCCCCCCCC/C=C\C/C=C\CC)OC(=O)CC/C=C\C/C=C\C/C=C\C/C=C\C/C=C\C/C=C\CC. The molecule has 0 fully saturated rings. The number of carbonyl (C=O) groups is 3. The van der Waals surface area contributed by atoms with Crippen LogP contribution >= 0.6 is 0 Å². The Morgan fingerprint density at radius 3 is 1.04 bits per heavy atom. The Morgan fingerprint density at radius 1 is 0.300 bits per heavy atom. The summed E-state index contributed by atoms with van der Waals surface area (Å²) in [5.74, 6) is -1.09. The largest absolute Gasteiger partial charge is 0.462 e. The zero-order valence-corrected chi connectivity index (χ0v) is 43.9. The Morgan fingerprint density at radius 2 is 0.614 bits per heavy atom. The fourth-order valence-electron chi connectivity index (χ4n) is 6.43. The number of allylic oxidation sites excluding steroid dienone is 30. The van der Waals surface area contributed by atoms with Gasteiger partial charge in [0.05, 0.1) is 0 Å². The van der Waals surface area contributed by atoms with Gasteiger partial charge in [0.25, 0.3) is 0 Å². The third-order valence-corrected chi connectivity index (χ3v) is 10.3. The van der Waals surface area contributed by atoms with Crippen LogP contribution in [0.25, 0.3) is 0 Å². The number of hydrogen-bond donors (Lipinski definition) is 0. The van der Waals surface area contributed by atoms with E-state index < -0.39 is 12.1 Å². The molecule has 0 spiro atoms. The van der Waals surface area contributed by atoms with Gasteiger partial charge in [-0.1, -0.05) is 242 Å². The van der Waals surface area contributed by atoms with E-state index in [0.717, 1.165) is 103 Å². The molecule has 0 heterocycles. The van der Waals surface area contributed by atoms with Gasteiger partial charge in [-0.25, -0.2) is 0 Å². The summed E-state index contributed by atoms with van der Waals surface area (Å²) in [6.45, 7) is 6.13. The van der Waals surface area contributed by atoms with Gasteiger partial charge in [-0.3, -0.25) is 14.4 Å². The van der Waals surface area contributed by atoms with Crippen molar-refractivity contribution in [3.8, 4) is 0 Å². The highest BCUT2D eigenvalue weighted by molar-refractivity contribution is 5.71. The standard InChI is InChI=1S/C64H94O6/c1-4-7-10-13-16-19-22-25-28-30-32-34-36-39-42-45-48-51-54-57-63(66)69-60-61(59-68-62(65)56-53-50-47-44-41-38-27-24-21-18-15-12-9-6-3)70-64(67)58-55-52-49-46-43-40-37-35-33-31-29-26-23-20-17-14-11-8-5-2/h7-13,16-22,25-26,28-30,32-36,39-40,42-43,49,52,61H,4-6,14-15,23-24,27,31,37-38,41,44-48,50-51,53-60H2,1-3H3/b10-7-,11-8-,12-9-,16-13-,20-17-,21-18-,22-19-,28-25-,29-26-,32-30+,35-33-,36-34-,42-39-,43-40-,52-49-. The summed E-state index contributed by atoms with van der Waals surface area (Å²) >= 11 is 0. The predicted molar refractivity (Wildman–Crippen MR) is 301 cm³/mol. The third-order valence-electron chi connectivity index (χ3n) is 10.3. The van der Waals surface area contributed by atoms with E-state index in [9.17, 15) is 14.4 Å². The lowest BCUT2D eigenvalue weighted by molar-refractivity contribution is -0.166. The van der Waals surface area contributed by atoms with Crippen LogP contribution in [-0.4, -0.2) is 37.2 Å². The smallest absolute Gasteiger partial charge is 0.306 e. The van der Waals surface area contributed by atoms with Crippen molar-refractivity contribution in [2.24, 2.45) is 0 Å². The molecule has 0 bridgehead atoms. The first-order chi connectivity index (χ1) is 34.5. The van der Waals surface area contributed by atoms with Crippen molar-refractivity contribution in [3.05, 3.63) is 182 Å². The molecule has 386 valence electrons. The van der Waals surface area contributed by atoms with Crippen LogP contribution in [0, 0.1) is 0 Å². The molecule has 6 nitrogen and oxygen atoms in total. The lowest BCUT2D eigenvalue weighted by atomic mass is 10.1. The summed E-state index contributed by atoms with van der Waals surface area (Å²) in [6.07, 6.45) is 84.5. The van der Waals surface area contributed by atoms with Crippen molar-refractivity contribution in [3.63, 3.8) is 0 Å². The first kappa shape index (κ1) is 64.5. The zero-order valence-electron chi connectivity index (χ0n) is 43.9. The Balaban J connectivity index is 4.67. The van der Waals surface area contributed by atoms with Crippen molar-refractivity contribution < 1.29 is 28.6 Å². The van der Waals surface area contributed by atoms with E-state index in [4.69, 9.17) is 14.2 Å². The van der Waals surface area contributed by atoms with Gasteiger partial charge in [0.15, 0.2) is 6.10 Å². The van der Waals surface area contributed by atoms with Crippen LogP contribution in [0.1, 0.15) is 181 Å². The topological polar surface area (TPSA) is 78.9 Å². The molecular formula is C64H94O6. The Hall–Kier alpha value is -5.49. The van der Waals surface area contributed by atoms with E-state index >= 15 is 0 Å². The summed E-state index contributed by atoms with van der Waals surface area (Å²) in [4.78, 5) is 38.1. The molecule has 0 aliphatic heterocycles. The normalized spacial score (nSPS) is 13.6. The molecule has 0 saturated heterocycles. The van der Waals surface area contributed by atoms with Crippen LogP contribution in [0.15, 0.2) is 182 Å². The Labute approximate surface area is 427 Å². The fourth-order valence-corrected chi connectivity index (χ4v) is 6.43. The summed E-state index contributed by atoms with van der Waals surface area (Å²) in [6, 6.07) is 0. The van der Waals surface area contributed by atoms with Crippen LogP contribution in [0.5, 0.6) is 0 Å². The van der Waals surface area contributed by atoms with Gasteiger partial charge >= 0.3 is 17.9 Å². The number of unbranched alkanes of at least 4 members (excludes halogenated alkanes) is 10. The summed E-state index contributed by atoms with van der Waals surface area (Å²) < 4.78 is 16.7. The van der Waals surface area contributed by atoms with Crippen molar-refractivity contribution in [2.45, 2.75) is 187 Å². The van der Waals surface area contributed by atoms with Gasteiger partial charge in [-0.2, -0.15) is 0 Å². The van der Waals surface area contributed by atoms with E-state index in [0.29, 0.717) is 19.3 Å². The number of ether oxygens (including phenoxy) is 3. The van der Waals surface area contributed by atoms with Gasteiger partial charge < -0.3 is 14.2 Å². The van der Waals surface area contributed by atoms with Crippen LogP contribution in [0.2, 0.25) is 0 Å². The predicted octanol–water partition coefficient (Wildman–Crippen LogP) is 18.1. The zero-order chi connectivity index (χ0) is 50.7. The molecule has 0 rings (SSSR count). The van der Waals surface area contributed by atoms with E-state index in [1.807, 2.05) is 85.1 Å². The van der Waals surface area contributed by atoms with Crippen LogP contribution in [-0.2, 0) is 28.6 Å². The molecule has 0 amide bonds. The molecule has 0 aromatic heterocycles. The van der Waals surface area contributed by atoms with Crippen molar-refractivity contribution >= 4 is 17.9 Å². The first-order valence-electron chi connectivity index (χ1n) is 26.9. The van der Waals surface area contributed by atoms with Gasteiger partial charge in [0, 0.05) is 19.3 Å². The van der Waals surface area contributed by atoms with E-state index in [-0.39, 0.29) is 38.0 Å². The average molecular weight is 959 g/mol. The number of hydrogen-bond acceptors (Lipinski definition) is 6.